The third-order valence-electron chi connectivity index (χ3n) is 2.94. The van der Waals surface area contributed by atoms with E-state index < -0.39 is 10.0 Å². The van der Waals surface area contributed by atoms with Crippen molar-refractivity contribution >= 4 is 31.9 Å². The Kier molecular flexibility index (Phi) is 3.77. The molecule has 1 heterocycles. The lowest BCUT2D eigenvalue weighted by molar-refractivity contribution is -0.123. The minimum atomic E-state index is -3.68. The van der Waals surface area contributed by atoms with Crippen molar-refractivity contribution in [3.8, 4) is 0 Å². The number of nitrogens with zero attached hydrogens (tertiary/aromatic N) is 1. The van der Waals surface area contributed by atoms with Crippen LogP contribution in [-0.4, -0.2) is 25.2 Å². The zero-order valence-corrected chi connectivity index (χ0v) is 12.4. The van der Waals surface area contributed by atoms with Gasteiger partial charge < -0.3 is 0 Å². The summed E-state index contributed by atoms with van der Waals surface area (Å²) in [5, 5.41) is 0.674. The number of sulfonamides is 1. The third kappa shape index (κ3) is 2.44. The molecule has 1 aromatic carbocycles. The van der Waals surface area contributed by atoms with Gasteiger partial charge in [-0.3, -0.25) is 4.79 Å². The number of rotatable bonds is 3. The Labute approximate surface area is 115 Å². The quantitative estimate of drug-likeness (QED) is 0.797. The zero-order chi connectivity index (χ0) is 13.3. The topological polar surface area (TPSA) is 54.5 Å². The minimum absolute atomic E-state index is 0.0918. The van der Waals surface area contributed by atoms with E-state index in [2.05, 4.69) is 15.9 Å². The fourth-order valence-electron chi connectivity index (χ4n) is 1.96. The molecule has 0 aliphatic carbocycles. The van der Waals surface area contributed by atoms with Gasteiger partial charge in [-0.05, 0) is 23.6 Å². The van der Waals surface area contributed by atoms with E-state index in [1.54, 1.807) is 24.3 Å². The fraction of sp³-hybridized carbons (Fsp3) is 0.417. The molecular formula is C12H14BrNO3S. The third-order valence-corrected chi connectivity index (χ3v) is 5.39. The zero-order valence-electron chi connectivity index (χ0n) is 9.97. The van der Waals surface area contributed by atoms with Crippen LogP contribution in [0.2, 0.25) is 0 Å². The van der Waals surface area contributed by atoms with Gasteiger partial charge in [0.25, 0.3) is 10.0 Å². The normalized spacial score (nSPS) is 20.4. The lowest BCUT2D eigenvalue weighted by Gasteiger charge is -2.16. The first-order valence-corrected chi connectivity index (χ1v) is 8.22. The standard InChI is InChI=1S/C12H14BrNO3S/c1-9-6-12(15)14(8-9)18(16,17)11-4-2-10(7-13)3-5-11/h2-5,9H,6-8H2,1H3. The summed E-state index contributed by atoms with van der Waals surface area (Å²) in [6, 6.07) is 6.57. The van der Waals surface area contributed by atoms with Crippen molar-refractivity contribution in [1.82, 2.24) is 4.31 Å². The smallest absolute Gasteiger partial charge is 0.266 e. The summed E-state index contributed by atoms with van der Waals surface area (Å²) in [6.07, 6.45) is 0.304. The van der Waals surface area contributed by atoms with Crippen LogP contribution < -0.4 is 0 Å². The van der Waals surface area contributed by atoms with Gasteiger partial charge in [0.15, 0.2) is 0 Å². The van der Waals surface area contributed by atoms with Gasteiger partial charge in [-0.15, -0.1) is 0 Å². The molecule has 2 rings (SSSR count). The highest BCUT2D eigenvalue weighted by molar-refractivity contribution is 9.08. The van der Waals surface area contributed by atoms with E-state index in [-0.39, 0.29) is 23.3 Å². The molecule has 0 saturated carbocycles. The second-order valence-electron chi connectivity index (χ2n) is 4.52. The van der Waals surface area contributed by atoms with E-state index in [1.807, 2.05) is 6.92 Å². The molecule has 98 valence electrons. The lowest BCUT2D eigenvalue weighted by Crippen LogP contribution is -2.32. The maximum atomic E-state index is 12.3. The van der Waals surface area contributed by atoms with Crippen molar-refractivity contribution in [1.29, 1.82) is 0 Å². The molecule has 0 spiro atoms. The van der Waals surface area contributed by atoms with Crippen molar-refractivity contribution in [2.45, 2.75) is 23.6 Å². The number of hydrogen-bond donors (Lipinski definition) is 0. The van der Waals surface area contributed by atoms with Crippen LogP contribution in [0.15, 0.2) is 29.2 Å². The van der Waals surface area contributed by atoms with E-state index in [1.165, 1.54) is 0 Å². The first-order valence-electron chi connectivity index (χ1n) is 5.65. The predicted octanol–water partition coefficient (Wildman–Crippen LogP) is 2.14. The molecule has 0 bridgehead atoms. The Bertz CT molecular complexity index is 553. The van der Waals surface area contributed by atoms with Crippen LogP contribution >= 0.6 is 15.9 Å². The van der Waals surface area contributed by atoms with E-state index in [0.29, 0.717) is 11.8 Å². The van der Waals surface area contributed by atoms with Crippen LogP contribution in [0.5, 0.6) is 0 Å². The maximum absolute atomic E-state index is 12.3. The van der Waals surface area contributed by atoms with Crippen molar-refractivity contribution in [2.24, 2.45) is 5.92 Å². The minimum Gasteiger partial charge on any atom is -0.274 e. The molecule has 1 aliphatic heterocycles. The largest absolute Gasteiger partial charge is 0.274 e. The van der Waals surface area contributed by atoms with Crippen LogP contribution in [0.1, 0.15) is 18.9 Å². The molecule has 0 radical (unpaired) electrons. The number of alkyl halides is 1. The molecule has 1 atom stereocenters. The summed E-state index contributed by atoms with van der Waals surface area (Å²) in [7, 11) is -3.68. The first-order chi connectivity index (χ1) is 8.45. The molecule has 1 unspecified atom stereocenters. The first kappa shape index (κ1) is 13.5. The molecule has 0 N–H and O–H groups in total. The SMILES string of the molecule is CC1CC(=O)N(S(=O)(=O)c2ccc(CBr)cc2)C1. The number of halogens is 1. The highest BCUT2D eigenvalue weighted by atomic mass is 79.9. The predicted molar refractivity (Wildman–Crippen MR) is 71.8 cm³/mol. The van der Waals surface area contributed by atoms with Gasteiger partial charge in [-0.25, -0.2) is 12.7 Å². The fourth-order valence-corrected chi connectivity index (χ4v) is 3.86. The Hall–Kier alpha value is -0.880. The van der Waals surface area contributed by atoms with Crippen LogP contribution in [0.25, 0.3) is 0 Å². The highest BCUT2D eigenvalue weighted by Crippen LogP contribution is 2.25. The molecule has 6 heteroatoms. The van der Waals surface area contributed by atoms with Gasteiger partial charge in [-0.2, -0.15) is 0 Å². The van der Waals surface area contributed by atoms with E-state index in [9.17, 15) is 13.2 Å². The van der Waals surface area contributed by atoms with Crippen molar-refractivity contribution in [3.63, 3.8) is 0 Å². The molecule has 18 heavy (non-hydrogen) atoms. The van der Waals surface area contributed by atoms with Gasteiger partial charge in [-0.1, -0.05) is 35.0 Å². The molecular weight excluding hydrogens is 318 g/mol. The monoisotopic (exact) mass is 331 g/mol. The van der Waals surface area contributed by atoms with Gasteiger partial charge in [0.2, 0.25) is 5.91 Å². The van der Waals surface area contributed by atoms with Gasteiger partial charge in [0.1, 0.15) is 0 Å². The van der Waals surface area contributed by atoms with Crippen LogP contribution in [-0.2, 0) is 20.1 Å². The molecule has 1 saturated heterocycles. The van der Waals surface area contributed by atoms with Crippen molar-refractivity contribution < 1.29 is 13.2 Å². The molecule has 1 fully saturated rings. The summed E-state index contributed by atoms with van der Waals surface area (Å²) in [5.74, 6) is -0.221. The average Bonchev–Trinajstić information content (AvgIpc) is 2.69. The maximum Gasteiger partial charge on any atom is 0.266 e. The number of hydrogen-bond acceptors (Lipinski definition) is 3. The van der Waals surface area contributed by atoms with Crippen LogP contribution in [0.4, 0.5) is 0 Å². The second-order valence-corrected chi connectivity index (χ2v) is 6.94. The Morgan fingerprint density at radius 3 is 2.39 bits per heavy atom. The summed E-state index contributed by atoms with van der Waals surface area (Å²) in [4.78, 5) is 11.8. The Balaban J connectivity index is 2.33. The van der Waals surface area contributed by atoms with E-state index in [0.717, 1.165) is 9.87 Å². The number of amides is 1. The van der Waals surface area contributed by atoms with Crippen LogP contribution in [0, 0.1) is 5.92 Å². The van der Waals surface area contributed by atoms with E-state index in [4.69, 9.17) is 0 Å². The second kappa shape index (κ2) is 5.01. The average molecular weight is 332 g/mol. The molecule has 1 amide bonds. The molecule has 4 nitrogen and oxygen atoms in total. The number of benzene rings is 1. The number of carbonyl (C=O) groups excluding carboxylic acids is 1. The molecule has 1 aromatic rings. The van der Waals surface area contributed by atoms with Crippen molar-refractivity contribution in [2.75, 3.05) is 6.54 Å². The summed E-state index contributed by atoms with van der Waals surface area (Å²) in [6.45, 7) is 2.16. The van der Waals surface area contributed by atoms with Gasteiger partial charge in [0.05, 0.1) is 4.90 Å². The Morgan fingerprint density at radius 1 is 1.33 bits per heavy atom. The summed E-state index contributed by atoms with van der Waals surface area (Å²) >= 11 is 3.30. The molecule has 0 aromatic heterocycles. The number of carbonyl (C=O) groups is 1. The van der Waals surface area contributed by atoms with E-state index >= 15 is 0 Å². The highest BCUT2D eigenvalue weighted by Gasteiger charge is 2.36. The van der Waals surface area contributed by atoms with Gasteiger partial charge >= 0.3 is 0 Å². The molecule has 1 aliphatic rings. The van der Waals surface area contributed by atoms with Crippen LogP contribution in [0.3, 0.4) is 0 Å². The Morgan fingerprint density at radius 2 is 1.94 bits per heavy atom. The van der Waals surface area contributed by atoms with Crippen molar-refractivity contribution in [3.05, 3.63) is 29.8 Å². The summed E-state index contributed by atoms with van der Waals surface area (Å²) < 4.78 is 25.6. The summed E-state index contributed by atoms with van der Waals surface area (Å²) in [5.41, 5.74) is 0.995. The van der Waals surface area contributed by atoms with Gasteiger partial charge in [0, 0.05) is 18.3 Å². The lowest BCUT2D eigenvalue weighted by atomic mass is 10.2.